The lowest BCUT2D eigenvalue weighted by Gasteiger charge is -2.34. The van der Waals surface area contributed by atoms with E-state index < -0.39 is 0 Å². The van der Waals surface area contributed by atoms with Crippen molar-refractivity contribution in [1.29, 1.82) is 0 Å². The predicted molar refractivity (Wildman–Crippen MR) is 87.2 cm³/mol. The third kappa shape index (κ3) is 2.79. The topological polar surface area (TPSA) is 40.6 Å². The van der Waals surface area contributed by atoms with Crippen LogP contribution in [-0.4, -0.2) is 53.7 Å². The van der Waals surface area contributed by atoms with E-state index in [1.165, 1.54) is 0 Å². The van der Waals surface area contributed by atoms with Crippen LogP contribution in [0, 0.1) is 0 Å². The van der Waals surface area contributed by atoms with E-state index in [0.29, 0.717) is 26.2 Å². The van der Waals surface area contributed by atoms with Crippen LogP contribution in [0.1, 0.15) is 10.4 Å². The number of amides is 2. The molecule has 1 fully saturated rings. The molecule has 0 radical (unpaired) electrons. The lowest BCUT2D eigenvalue weighted by Crippen LogP contribution is -2.51. The van der Waals surface area contributed by atoms with Crippen LogP contribution < -0.4 is 0 Å². The average molecular weight is 317 g/mol. The van der Waals surface area contributed by atoms with E-state index >= 15 is 0 Å². The number of hydrogen-bond acceptors (Lipinski definition) is 2. The van der Waals surface area contributed by atoms with E-state index in [0.717, 1.165) is 16.3 Å². The van der Waals surface area contributed by atoms with Gasteiger partial charge in [-0.2, -0.15) is 0 Å². The Morgan fingerprint density at radius 2 is 1.55 bits per heavy atom. The summed E-state index contributed by atoms with van der Waals surface area (Å²) in [5.41, 5.74) is 0.718. The van der Waals surface area contributed by atoms with Gasteiger partial charge < -0.3 is 9.80 Å². The third-order valence-corrected chi connectivity index (χ3v) is 4.28. The second-order valence-electron chi connectivity index (χ2n) is 5.33. The largest absolute Gasteiger partial charge is 0.338 e. The molecule has 2 aromatic carbocycles. The molecule has 114 valence electrons. The van der Waals surface area contributed by atoms with Gasteiger partial charge in [-0.25, -0.2) is 0 Å². The summed E-state index contributed by atoms with van der Waals surface area (Å²) in [6, 6.07) is 13.6. The van der Waals surface area contributed by atoms with Gasteiger partial charge >= 0.3 is 0 Å². The van der Waals surface area contributed by atoms with Crippen LogP contribution in [-0.2, 0) is 4.79 Å². The molecule has 0 unspecified atom stereocenters. The van der Waals surface area contributed by atoms with Crippen molar-refractivity contribution in [3.63, 3.8) is 0 Å². The number of piperazine rings is 1. The van der Waals surface area contributed by atoms with Crippen molar-refractivity contribution in [1.82, 2.24) is 9.80 Å². The first-order chi connectivity index (χ1) is 10.7. The Hall–Kier alpha value is -2.07. The van der Waals surface area contributed by atoms with Crippen LogP contribution >= 0.6 is 11.6 Å². The summed E-state index contributed by atoms with van der Waals surface area (Å²) in [5.74, 6) is -0.0502. The summed E-state index contributed by atoms with van der Waals surface area (Å²) < 4.78 is 0. The summed E-state index contributed by atoms with van der Waals surface area (Å²) in [6.45, 7) is 2.18. The van der Waals surface area contributed by atoms with Crippen LogP contribution in [0.25, 0.3) is 10.8 Å². The maximum Gasteiger partial charge on any atom is 0.254 e. The quantitative estimate of drug-likeness (QED) is 0.798. The molecule has 1 aliphatic heterocycles. The summed E-state index contributed by atoms with van der Waals surface area (Å²) in [6.07, 6.45) is 0. The number of halogens is 1. The predicted octanol–water partition coefficient (Wildman–Crippen LogP) is 2.36. The fraction of sp³-hybridized carbons (Fsp3) is 0.294. The zero-order valence-electron chi connectivity index (χ0n) is 12.2. The number of carbonyl (C=O) groups excluding carboxylic acids is 2. The second-order valence-corrected chi connectivity index (χ2v) is 5.60. The Kier molecular flexibility index (Phi) is 4.29. The highest BCUT2D eigenvalue weighted by Gasteiger charge is 2.25. The maximum absolute atomic E-state index is 12.8. The molecule has 0 bridgehead atoms. The standard InChI is InChI=1S/C17H17ClN2O2/c18-12-16(21)19-8-10-20(11-9-19)17(22)15-7-3-5-13-4-1-2-6-14(13)15/h1-7H,8-12H2. The summed E-state index contributed by atoms with van der Waals surface area (Å²) in [5, 5.41) is 2.03. The highest BCUT2D eigenvalue weighted by molar-refractivity contribution is 6.27. The molecule has 5 heteroatoms. The van der Waals surface area contributed by atoms with E-state index in [1.807, 2.05) is 42.5 Å². The van der Waals surface area contributed by atoms with Gasteiger partial charge in [0.05, 0.1) is 0 Å². The molecule has 1 aliphatic rings. The summed E-state index contributed by atoms with van der Waals surface area (Å²) in [7, 11) is 0. The number of benzene rings is 2. The minimum atomic E-state index is -0.0704. The molecule has 2 aromatic rings. The fourth-order valence-corrected chi connectivity index (χ4v) is 2.99. The number of fused-ring (bicyclic) bond motifs is 1. The SMILES string of the molecule is O=C(CCl)N1CCN(C(=O)c2cccc3ccccc23)CC1. The fourth-order valence-electron chi connectivity index (χ4n) is 2.83. The molecule has 0 saturated carbocycles. The Morgan fingerprint density at radius 3 is 2.27 bits per heavy atom. The minimum absolute atomic E-state index is 0.00271. The second kappa shape index (κ2) is 6.36. The van der Waals surface area contributed by atoms with Gasteiger partial charge in [0.2, 0.25) is 5.91 Å². The van der Waals surface area contributed by atoms with Crippen LogP contribution in [0.4, 0.5) is 0 Å². The molecule has 0 atom stereocenters. The summed E-state index contributed by atoms with van der Waals surface area (Å²) >= 11 is 5.57. The number of nitrogens with zero attached hydrogens (tertiary/aromatic N) is 2. The number of hydrogen-bond donors (Lipinski definition) is 0. The van der Waals surface area contributed by atoms with Gasteiger partial charge in [-0.1, -0.05) is 36.4 Å². The number of rotatable bonds is 2. The first-order valence-corrected chi connectivity index (χ1v) is 7.85. The lowest BCUT2D eigenvalue weighted by atomic mass is 10.0. The van der Waals surface area contributed by atoms with Gasteiger partial charge in [-0.15, -0.1) is 11.6 Å². The first kappa shape index (κ1) is 14.9. The zero-order valence-corrected chi connectivity index (χ0v) is 12.9. The van der Waals surface area contributed by atoms with Crippen molar-refractivity contribution in [2.45, 2.75) is 0 Å². The average Bonchev–Trinajstić information content (AvgIpc) is 2.60. The van der Waals surface area contributed by atoms with Gasteiger partial charge in [0.25, 0.3) is 5.91 Å². The van der Waals surface area contributed by atoms with Gasteiger partial charge in [-0.05, 0) is 16.8 Å². The maximum atomic E-state index is 12.8. The molecule has 0 aliphatic carbocycles. The van der Waals surface area contributed by atoms with Gasteiger partial charge in [0.15, 0.2) is 0 Å². The molecule has 0 spiro atoms. The zero-order chi connectivity index (χ0) is 15.5. The number of carbonyl (C=O) groups is 2. The molecule has 1 saturated heterocycles. The van der Waals surface area contributed by atoms with E-state index in [9.17, 15) is 9.59 Å². The molecule has 4 nitrogen and oxygen atoms in total. The molecule has 2 amide bonds. The van der Waals surface area contributed by atoms with E-state index in [2.05, 4.69) is 0 Å². The van der Waals surface area contributed by atoms with Crippen molar-refractivity contribution in [3.05, 3.63) is 48.0 Å². The van der Waals surface area contributed by atoms with Crippen molar-refractivity contribution >= 4 is 34.2 Å². The molecular formula is C17H17ClN2O2. The highest BCUT2D eigenvalue weighted by atomic mass is 35.5. The molecule has 22 heavy (non-hydrogen) atoms. The molecular weight excluding hydrogens is 300 g/mol. The highest BCUT2D eigenvalue weighted by Crippen LogP contribution is 2.20. The van der Waals surface area contributed by atoms with Crippen LogP contribution in [0.5, 0.6) is 0 Å². The van der Waals surface area contributed by atoms with E-state index in [-0.39, 0.29) is 17.7 Å². The first-order valence-electron chi connectivity index (χ1n) is 7.31. The molecule has 0 aromatic heterocycles. The van der Waals surface area contributed by atoms with Crippen LogP contribution in [0.3, 0.4) is 0 Å². The molecule has 0 N–H and O–H groups in total. The van der Waals surface area contributed by atoms with Crippen molar-refractivity contribution in [2.24, 2.45) is 0 Å². The lowest BCUT2D eigenvalue weighted by molar-refractivity contribution is -0.129. The minimum Gasteiger partial charge on any atom is -0.338 e. The van der Waals surface area contributed by atoms with Crippen molar-refractivity contribution < 1.29 is 9.59 Å². The Balaban J connectivity index is 1.78. The normalized spacial score (nSPS) is 15.1. The Morgan fingerprint density at radius 1 is 0.909 bits per heavy atom. The molecule has 3 rings (SSSR count). The van der Waals surface area contributed by atoms with Gasteiger partial charge in [0, 0.05) is 31.7 Å². The van der Waals surface area contributed by atoms with Gasteiger partial charge in [0.1, 0.15) is 5.88 Å². The van der Waals surface area contributed by atoms with Crippen LogP contribution in [0.15, 0.2) is 42.5 Å². The monoisotopic (exact) mass is 316 g/mol. The smallest absolute Gasteiger partial charge is 0.254 e. The van der Waals surface area contributed by atoms with Crippen LogP contribution in [0.2, 0.25) is 0 Å². The van der Waals surface area contributed by atoms with Crippen molar-refractivity contribution in [2.75, 3.05) is 32.1 Å². The summed E-state index contributed by atoms with van der Waals surface area (Å²) in [4.78, 5) is 27.8. The van der Waals surface area contributed by atoms with E-state index in [1.54, 1.807) is 9.80 Å². The third-order valence-electron chi connectivity index (χ3n) is 4.05. The Labute approximate surface area is 134 Å². The van der Waals surface area contributed by atoms with E-state index in [4.69, 9.17) is 11.6 Å². The Bertz CT molecular complexity index is 703. The van der Waals surface area contributed by atoms with Crippen molar-refractivity contribution in [3.8, 4) is 0 Å². The molecule has 1 heterocycles. The van der Waals surface area contributed by atoms with Gasteiger partial charge in [-0.3, -0.25) is 9.59 Å². The number of alkyl halides is 1.